The maximum atomic E-state index is 6.89. The maximum absolute atomic E-state index is 6.89. The van der Waals surface area contributed by atoms with E-state index in [0.29, 0.717) is 0 Å². The Morgan fingerprint density at radius 1 is 0.159 bits per heavy atom. The molecule has 14 aromatic carbocycles. The van der Waals surface area contributed by atoms with E-state index in [1.165, 1.54) is 0 Å². The summed E-state index contributed by atoms with van der Waals surface area (Å²) in [6, 6.07) is 141. The Labute approximate surface area is 772 Å². The van der Waals surface area contributed by atoms with Crippen molar-refractivity contribution >= 4 is 25.2 Å². The molecule has 2 fully saturated rings. The number of hydrogen-bond donors (Lipinski definition) is 0. The predicted molar refractivity (Wildman–Crippen MR) is 542 cm³/mol. The van der Waals surface area contributed by atoms with E-state index < -0.39 is 36.6 Å². The van der Waals surface area contributed by atoms with Crippen molar-refractivity contribution < 1.29 is 18.6 Å². The molecule has 634 valence electrons. The Morgan fingerprint density at radius 3 is 0.568 bits per heavy atom. The third-order valence-electron chi connectivity index (χ3n) is 26.9. The molecule has 0 atom stereocenters. The fourth-order valence-electron chi connectivity index (χ4n) is 18.2. The third-order valence-corrected chi connectivity index (χ3v) is 26.9. The summed E-state index contributed by atoms with van der Waals surface area (Å²) in [4.78, 5) is 28.7. The minimum absolute atomic E-state index is 0.573. The summed E-state index contributed by atoms with van der Waals surface area (Å²) < 4.78 is 27.6. The van der Waals surface area contributed by atoms with Gasteiger partial charge in [-0.15, -0.1) is 0 Å². The van der Waals surface area contributed by atoms with Crippen molar-refractivity contribution in [3.05, 3.63) is 425 Å². The molecule has 0 unspecified atom stereocenters. The van der Waals surface area contributed by atoms with Crippen LogP contribution in [-0.2, 0) is 18.6 Å². The lowest BCUT2D eigenvalue weighted by molar-refractivity contribution is 0.00578. The van der Waals surface area contributed by atoms with Crippen LogP contribution in [0.15, 0.2) is 425 Å². The van der Waals surface area contributed by atoms with E-state index in [-0.39, 0.29) is 0 Å². The van der Waals surface area contributed by atoms with Gasteiger partial charge in [0.25, 0.3) is 0 Å². The first-order chi connectivity index (χ1) is 64.3. The van der Waals surface area contributed by atoms with E-state index in [1.807, 2.05) is 73.3 Å². The van der Waals surface area contributed by atoms with E-state index in [0.717, 1.165) is 212 Å². The van der Waals surface area contributed by atoms with Gasteiger partial charge in [0.1, 0.15) is 6.33 Å². The average molecular weight is 1710 g/mol. The monoisotopic (exact) mass is 1700 g/mol. The minimum Gasteiger partial charge on any atom is -0.399 e. The highest BCUT2D eigenvalue weighted by Crippen LogP contribution is 2.48. The van der Waals surface area contributed by atoms with Crippen LogP contribution in [0.3, 0.4) is 0 Å². The molecule has 0 saturated carbocycles. The Kier molecular flexibility index (Phi) is 22.2. The van der Waals surface area contributed by atoms with Gasteiger partial charge in [0.05, 0.1) is 56.6 Å². The van der Waals surface area contributed by atoms with Crippen molar-refractivity contribution in [1.29, 1.82) is 0 Å². The summed E-state index contributed by atoms with van der Waals surface area (Å²) in [5.41, 5.74) is 36.7. The molecule has 19 aromatic rings. The predicted octanol–water partition coefficient (Wildman–Crippen LogP) is 28.7. The van der Waals surface area contributed by atoms with Gasteiger partial charge >= 0.3 is 14.2 Å². The van der Waals surface area contributed by atoms with Crippen LogP contribution in [0.5, 0.6) is 0 Å². The summed E-state index contributed by atoms with van der Waals surface area (Å²) >= 11 is 0. The largest absolute Gasteiger partial charge is 0.494 e. The standard InChI is InChI=1S/C120H94B2N6O4/c1-117(2)118(3,4)130-121(129-117)97-61-63-107(109(75-97)95-71-91(103-29-13-9-25-99(103)79-37-49-85(50-38-79)111-33-17-21-65-123-111)69-92(72-95)104-30-14-10-26-100(104)80-39-51-86(52-40-80)112-34-18-22-66-124-112)83-45-57-89(58-46-83)115-77-116(128-78-127-115)90-59-47-84(48-60-90)108-64-62-98(122-131-119(5,6)120(7,8)132-122)76-110(108)96-73-93(105-31-15-11-27-101(105)81-41-53-87(54-42-81)113-35-19-23-67-125-113)70-94(74-96)106-32-16-12-28-102(106)82-43-55-88(56-44-82)114-36-20-24-68-126-114/h9-78H,1-8H3. The van der Waals surface area contributed by atoms with E-state index >= 15 is 0 Å². The zero-order chi connectivity index (χ0) is 89.7. The molecule has 0 bridgehead atoms. The van der Waals surface area contributed by atoms with Crippen molar-refractivity contribution in [3.63, 3.8) is 0 Å². The fraction of sp³-hybridized carbons (Fsp3) is 0.100. The first-order valence-electron chi connectivity index (χ1n) is 45.1. The molecule has 0 spiro atoms. The lowest BCUT2D eigenvalue weighted by Crippen LogP contribution is -2.41. The SMILES string of the molecule is CC1(C)OB(c2ccc(-c3ccc(-c4cc(-c5ccc(-c6ccc(B7OC(C)(C)C(C)(C)O7)cc6-c6cc(-c7ccccc7-c7ccc(-c8ccccn8)cc7)cc(-c7ccccc7-c7ccc(-c8ccccn8)cc7)c6)cc5)ncn4)cc3)c(-c3cc(-c4ccccc4-c4ccc(-c5ccccn5)cc4)cc(-c4ccccc4-c4ccc(-c5ccccn5)cc4)c3)c2)OC1(C)C. The number of rotatable bonds is 20. The third kappa shape index (κ3) is 16.6. The molecular formula is C120H94B2N6O4. The summed E-state index contributed by atoms with van der Waals surface area (Å²) in [6.45, 7) is 16.9. The molecule has 2 saturated heterocycles. The van der Waals surface area contributed by atoms with Crippen LogP contribution in [0.25, 0.3) is 201 Å². The van der Waals surface area contributed by atoms with E-state index in [2.05, 4.69) is 421 Å². The number of hydrogen-bond acceptors (Lipinski definition) is 10. The molecule has 7 heterocycles. The normalized spacial score (nSPS) is 14.2. The molecule has 132 heavy (non-hydrogen) atoms. The van der Waals surface area contributed by atoms with Crippen molar-refractivity contribution in [2.24, 2.45) is 0 Å². The second-order valence-electron chi connectivity index (χ2n) is 36.2. The second-order valence-corrected chi connectivity index (χ2v) is 36.2. The van der Waals surface area contributed by atoms with Gasteiger partial charge in [-0.2, -0.15) is 0 Å². The van der Waals surface area contributed by atoms with Gasteiger partial charge in [0.2, 0.25) is 0 Å². The average Bonchev–Trinajstić information content (AvgIpc) is 1.58. The van der Waals surface area contributed by atoms with Crippen LogP contribution in [0, 0.1) is 0 Å². The minimum atomic E-state index is -0.622. The molecule has 0 amide bonds. The Morgan fingerprint density at radius 2 is 0.348 bits per heavy atom. The fourth-order valence-corrected chi connectivity index (χ4v) is 18.2. The van der Waals surface area contributed by atoms with Crippen LogP contribution >= 0.6 is 0 Å². The lowest BCUT2D eigenvalue weighted by atomic mass is 9.76. The number of aromatic nitrogens is 6. The van der Waals surface area contributed by atoms with Crippen LogP contribution < -0.4 is 10.9 Å². The lowest BCUT2D eigenvalue weighted by Gasteiger charge is -2.32. The molecule has 12 heteroatoms. The molecule has 2 aliphatic heterocycles. The molecule has 0 radical (unpaired) electrons. The van der Waals surface area contributed by atoms with Gasteiger partial charge in [-0.25, -0.2) is 9.97 Å². The van der Waals surface area contributed by atoms with Crippen LogP contribution in [0.4, 0.5) is 0 Å². The number of nitrogens with zero attached hydrogens (tertiary/aromatic N) is 6. The topological polar surface area (TPSA) is 114 Å². The Balaban J connectivity index is 0.654. The van der Waals surface area contributed by atoms with E-state index in [9.17, 15) is 0 Å². The molecule has 10 nitrogen and oxygen atoms in total. The molecule has 21 rings (SSSR count). The zero-order valence-electron chi connectivity index (χ0n) is 74.9. The van der Waals surface area contributed by atoms with Gasteiger partial charge < -0.3 is 18.6 Å². The van der Waals surface area contributed by atoms with Gasteiger partial charge in [-0.3, -0.25) is 19.9 Å². The first-order valence-corrected chi connectivity index (χ1v) is 45.1. The second kappa shape index (κ2) is 35.0. The Bertz CT molecular complexity index is 6700. The number of benzene rings is 14. The van der Waals surface area contributed by atoms with Gasteiger partial charge in [0.15, 0.2) is 0 Å². The van der Waals surface area contributed by atoms with Crippen LogP contribution in [-0.4, -0.2) is 66.5 Å². The molecule has 2 aliphatic rings. The maximum Gasteiger partial charge on any atom is 0.494 e. The summed E-state index contributed by atoms with van der Waals surface area (Å²) in [7, 11) is -1.24. The molecule has 0 N–H and O–H groups in total. The first kappa shape index (κ1) is 83.6. The summed E-state index contributed by atoms with van der Waals surface area (Å²) in [5, 5.41) is 0. The van der Waals surface area contributed by atoms with Crippen LogP contribution in [0.1, 0.15) is 55.4 Å². The smallest absolute Gasteiger partial charge is 0.399 e. The summed E-state index contributed by atoms with van der Waals surface area (Å²) in [6.07, 6.45) is 9.05. The molecule has 5 aromatic heterocycles. The summed E-state index contributed by atoms with van der Waals surface area (Å²) in [5.74, 6) is 0. The van der Waals surface area contributed by atoms with Gasteiger partial charge in [-0.1, -0.05) is 303 Å². The highest BCUT2D eigenvalue weighted by Gasteiger charge is 2.53. The van der Waals surface area contributed by atoms with Gasteiger partial charge in [-0.05, 0) is 291 Å². The van der Waals surface area contributed by atoms with Crippen molar-refractivity contribution in [2.75, 3.05) is 0 Å². The highest BCUT2D eigenvalue weighted by molar-refractivity contribution is 6.62. The number of pyridine rings is 4. The zero-order valence-corrected chi connectivity index (χ0v) is 74.9. The van der Waals surface area contributed by atoms with E-state index in [4.69, 9.17) is 28.6 Å². The molecule has 0 aliphatic carbocycles. The van der Waals surface area contributed by atoms with E-state index in [1.54, 1.807) is 6.33 Å². The Hall–Kier alpha value is -15.3. The van der Waals surface area contributed by atoms with Crippen molar-refractivity contribution in [2.45, 2.75) is 77.8 Å². The highest BCUT2D eigenvalue weighted by atomic mass is 16.7. The quantitative estimate of drug-likeness (QED) is 0.0683. The molecular weight excluding hydrogens is 1610 g/mol. The van der Waals surface area contributed by atoms with Crippen molar-refractivity contribution in [1.82, 2.24) is 29.9 Å². The van der Waals surface area contributed by atoms with Crippen LogP contribution in [0.2, 0.25) is 0 Å². The van der Waals surface area contributed by atoms with Crippen molar-refractivity contribution in [3.8, 4) is 201 Å². The van der Waals surface area contributed by atoms with Gasteiger partial charge in [0, 0.05) is 58.2 Å².